The van der Waals surface area contributed by atoms with E-state index < -0.39 is 5.97 Å². The number of hydrogen-bond donors (Lipinski definition) is 2. The Morgan fingerprint density at radius 2 is 2.20 bits per heavy atom. The van der Waals surface area contributed by atoms with Crippen molar-refractivity contribution in [2.45, 2.75) is 31.7 Å². The fraction of sp³-hybridized carbons (Fsp3) is 0.571. The summed E-state index contributed by atoms with van der Waals surface area (Å²) in [6.07, 6.45) is 5.13. The molecule has 1 fully saturated rings. The molecule has 6 heteroatoms. The van der Waals surface area contributed by atoms with Crippen molar-refractivity contribution in [2.75, 3.05) is 25.5 Å². The van der Waals surface area contributed by atoms with Crippen molar-refractivity contribution >= 4 is 23.4 Å². The third-order valence-electron chi connectivity index (χ3n) is 3.80. The molecule has 1 aromatic rings. The van der Waals surface area contributed by atoms with Gasteiger partial charge in [-0.05, 0) is 32.0 Å². The summed E-state index contributed by atoms with van der Waals surface area (Å²) < 4.78 is 0. The van der Waals surface area contributed by atoms with Crippen LogP contribution in [0.1, 0.15) is 36.0 Å². The smallest absolute Gasteiger partial charge is 0.339 e. The summed E-state index contributed by atoms with van der Waals surface area (Å²) in [6, 6.07) is 3.62. The summed E-state index contributed by atoms with van der Waals surface area (Å²) in [6.45, 7) is 1.51. The Labute approximate surface area is 123 Å². The minimum Gasteiger partial charge on any atom is -0.478 e. The molecule has 1 aliphatic rings. The molecule has 0 saturated heterocycles. The molecule has 0 bridgehead atoms. The van der Waals surface area contributed by atoms with Gasteiger partial charge in [0.1, 0.15) is 16.5 Å². The van der Waals surface area contributed by atoms with Gasteiger partial charge in [-0.15, -0.1) is 0 Å². The SMILES string of the molecule is CN(CCNc1nc(Cl)ccc1C(=O)O)C1CCCC1. The number of hydrogen-bond acceptors (Lipinski definition) is 4. The van der Waals surface area contributed by atoms with Crippen molar-refractivity contribution in [3.8, 4) is 0 Å². The van der Waals surface area contributed by atoms with E-state index in [1.807, 2.05) is 0 Å². The lowest BCUT2D eigenvalue weighted by Crippen LogP contribution is -2.33. The molecular formula is C14H20ClN3O2. The van der Waals surface area contributed by atoms with Crippen LogP contribution >= 0.6 is 11.6 Å². The van der Waals surface area contributed by atoms with Gasteiger partial charge in [0, 0.05) is 19.1 Å². The van der Waals surface area contributed by atoms with Gasteiger partial charge in [0.25, 0.3) is 0 Å². The molecule has 2 rings (SSSR count). The molecule has 5 nitrogen and oxygen atoms in total. The van der Waals surface area contributed by atoms with E-state index in [4.69, 9.17) is 16.7 Å². The Balaban J connectivity index is 1.90. The van der Waals surface area contributed by atoms with Gasteiger partial charge in [0.2, 0.25) is 0 Å². The molecule has 0 atom stereocenters. The highest BCUT2D eigenvalue weighted by atomic mass is 35.5. The topological polar surface area (TPSA) is 65.5 Å². The van der Waals surface area contributed by atoms with Crippen LogP contribution in [0.4, 0.5) is 5.82 Å². The Hall–Kier alpha value is -1.33. The van der Waals surface area contributed by atoms with Crippen molar-refractivity contribution in [1.82, 2.24) is 9.88 Å². The minimum absolute atomic E-state index is 0.151. The number of carboxylic acids is 1. The van der Waals surface area contributed by atoms with Gasteiger partial charge in [-0.1, -0.05) is 24.4 Å². The van der Waals surface area contributed by atoms with Gasteiger partial charge in [0.05, 0.1) is 0 Å². The quantitative estimate of drug-likeness (QED) is 0.790. The molecule has 0 amide bonds. The van der Waals surface area contributed by atoms with Gasteiger partial charge in [0.15, 0.2) is 0 Å². The zero-order valence-corrected chi connectivity index (χ0v) is 12.4. The fourth-order valence-corrected chi connectivity index (χ4v) is 2.77. The summed E-state index contributed by atoms with van der Waals surface area (Å²) in [5, 5.41) is 12.5. The molecule has 1 heterocycles. The molecule has 0 spiro atoms. The zero-order valence-electron chi connectivity index (χ0n) is 11.6. The Bertz CT molecular complexity index is 475. The number of aromatic nitrogens is 1. The third-order valence-corrected chi connectivity index (χ3v) is 4.01. The van der Waals surface area contributed by atoms with E-state index in [1.54, 1.807) is 0 Å². The van der Waals surface area contributed by atoms with Crippen LogP contribution in [0, 0.1) is 0 Å². The fourth-order valence-electron chi connectivity index (χ4n) is 2.62. The van der Waals surface area contributed by atoms with E-state index in [1.165, 1.54) is 37.8 Å². The Morgan fingerprint density at radius 1 is 1.50 bits per heavy atom. The number of nitrogens with zero attached hydrogens (tertiary/aromatic N) is 2. The predicted octanol–water partition coefficient (Wildman–Crippen LogP) is 2.72. The van der Waals surface area contributed by atoms with Crippen molar-refractivity contribution in [3.05, 3.63) is 22.8 Å². The number of pyridine rings is 1. The first kappa shape index (κ1) is 15.1. The molecule has 0 aromatic carbocycles. The van der Waals surface area contributed by atoms with Gasteiger partial charge < -0.3 is 15.3 Å². The number of carbonyl (C=O) groups is 1. The zero-order chi connectivity index (χ0) is 14.5. The standard InChI is InChI=1S/C14H20ClN3O2/c1-18(10-4-2-3-5-10)9-8-16-13-11(14(19)20)6-7-12(15)17-13/h6-7,10H,2-5,8-9H2,1H3,(H,16,17)(H,19,20). The van der Waals surface area contributed by atoms with Crippen LogP contribution in [0.25, 0.3) is 0 Å². The second kappa shape index (κ2) is 6.90. The second-order valence-electron chi connectivity index (χ2n) is 5.18. The van der Waals surface area contributed by atoms with Crippen LogP contribution in [0.5, 0.6) is 0 Å². The first-order chi connectivity index (χ1) is 9.58. The number of anilines is 1. The number of nitrogens with one attached hydrogen (secondary N) is 1. The maximum absolute atomic E-state index is 11.1. The Morgan fingerprint density at radius 3 is 2.85 bits per heavy atom. The maximum atomic E-state index is 11.1. The van der Waals surface area contributed by atoms with Crippen LogP contribution in [-0.2, 0) is 0 Å². The molecule has 20 heavy (non-hydrogen) atoms. The van der Waals surface area contributed by atoms with E-state index >= 15 is 0 Å². The third kappa shape index (κ3) is 3.84. The molecule has 110 valence electrons. The largest absolute Gasteiger partial charge is 0.478 e. The van der Waals surface area contributed by atoms with Crippen molar-refractivity contribution in [3.63, 3.8) is 0 Å². The summed E-state index contributed by atoms with van der Waals surface area (Å²) in [5.41, 5.74) is 0.151. The van der Waals surface area contributed by atoms with E-state index in [9.17, 15) is 4.79 Å². The maximum Gasteiger partial charge on any atom is 0.339 e. The molecule has 0 unspecified atom stereocenters. The highest BCUT2D eigenvalue weighted by Crippen LogP contribution is 2.22. The summed E-state index contributed by atoms with van der Waals surface area (Å²) >= 11 is 5.81. The number of halogens is 1. The van der Waals surface area contributed by atoms with Crippen LogP contribution in [0.2, 0.25) is 5.15 Å². The van der Waals surface area contributed by atoms with Gasteiger partial charge in [-0.3, -0.25) is 0 Å². The second-order valence-corrected chi connectivity index (χ2v) is 5.57. The highest BCUT2D eigenvalue weighted by Gasteiger charge is 2.19. The summed E-state index contributed by atoms with van der Waals surface area (Å²) in [5.74, 6) is -0.661. The molecule has 1 aliphatic carbocycles. The normalized spacial score (nSPS) is 15.8. The lowest BCUT2D eigenvalue weighted by Gasteiger charge is -2.24. The van der Waals surface area contributed by atoms with E-state index in [-0.39, 0.29) is 5.56 Å². The van der Waals surface area contributed by atoms with Crippen LogP contribution in [0.3, 0.4) is 0 Å². The first-order valence-electron chi connectivity index (χ1n) is 6.92. The van der Waals surface area contributed by atoms with Gasteiger partial charge in [-0.25, -0.2) is 9.78 Å². The number of rotatable bonds is 6. The number of aromatic carboxylic acids is 1. The van der Waals surface area contributed by atoms with E-state index in [2.05, 4.69) is 22.2 Å². The lowest BCUT2D eigenvalue weighted by molar-refractivity contribution is 0.0697. The highest BCUT2D eigenvalue weighted by molar-refractivity contribution is 6.29. The molecule has 1 aromatic heterocycles. The van der Waals surface area contributed by atoms with Gasteiger partial charge in [-0.2, -0.15) is 0 Å². The lowest BCUT2D eigenvalue weighted by atomic mass is 10.2. The van der Waals surface area contributed by atoms with Crippen LogP contribution in [0.15, 0.2) is 12.1 Å². The average Bonchev–Trinajstić information content (AvgIpc) is 2.92. The summed E-state index contributed by atoms with van der Waals surface area (Å²) in [4.78, 5) is 17.5. The van der Waals surface area contributed by atoms with Crippen molar-refractivity contribution < 1.29 is 9.90 Å². The number of likely N-dealkylation sites (N-methyl/N-ethyl adjacent to an activating group) is 1. The minimum atomic E-state index is -0.999. The van der Waals surface area contributed by atoms with E-state index in [0.29, 0.717) is 23.6 Å². The van der Waals surface area contributed by atoms with Crippen molar-refractivity contribution in [2.24, 2.45) is 0 Å². The molecule has 1 saturated carbocycles. The van der Waals surface area contributed by atoms with Crippen molar-refractivity contribution in [1.29, 1.82) is 0 Å². The molecule has 0 aliphatic heterocycles. The first-order valence-corrected chi connectivity index (χ1v) is 7.29. The molecule has 0 radical (unpaired) electrons. The average molecular weight is 298 g/mol. The predicted molar refractivity (Wildman–Crippen MR) is 79.6 cm³/mol. The Kier molecular flexibility index (Phi) is 5.20. The summed E-state index contributed by atoms with van der Waals surface area (Å²) in [7, 11) is 2.11. The van der Waals surface area contributed by atoms with E-state index in [0.717, 1.165) is 6.54 Å². The van der Waals surface area contributed by atoms with Gasteiger partial charge >= 0.3 is 5.97 Å². The molecular weight excluding hydrogens is 278 g/mol. The molecule has 2 N–H and O–H groups in total. The monoisotopic (exact) mass is 297 g/mol. The van der Waals surface area contributed by atoms with Crippen LogP contribution in [-0.4, -0.2) is 47.1 Å². The number of carboxylic acid groups (broad SMARTS) is 1. The van der Waals surface area contributed by atoms with Crippen LogP contribution < -0.4 is 5.32 Å².